The fourth-order valence-electron chi connectivity index (χ4n) is 2.89. The van der Waals surface area contributed by atoms with E-state index in [1.54, 1.807) is 12.4 Å². The Balaban J connectivity index is 1.51. The van der Waals surface area contributed by atoms with Crippen LogP contribution in [0.3, 0.4) is 0 Å². The Morgan fingerprint density at radius 2 is 2.17 bits per heavy atom. The lowest BCUT2D eigenvalue weighted by molar-refractivity contribution is 0.491. The Morgan fingerprint density at radius 3 is 3.06 bits per heavy atom. The van der Waals surface area contributed by atoms with Gasteiger partial charge in [0.05, 0.1) is 6.20 Å². The minimum absolute atomic E-state index is 0.946. The van der Waals surface area contributed by atoms with Crippen LogP contribution in [0.4, 0.5) is 5.82 Å². The maximum Gasteiger partial charge on any atom is 0.152 e. The number of hydrogen-bond acceptors (Lipinski definition) is 3. The van der Waals surface area contributed by atoms with Crippen LogP contribution < -0.4 is 5.32 Å². The molecule has 2 aromatic rings. The maximum absolute atomic E-state index is 4.38. The molecule has 2 heterocycles. The molecule has 1 aliphatic carbocycles. The van der Waals surface area contributed by atoms with Crippen LogP contribution in [-0.2, 0) is 0 Å². The lowest BCUT2D eigenvalue weighted by Gasteiger charge is -2.10. The summed E-state index contributed by atoms with van der Waals surface area (Å²) in [6.07, 6.45) is 13.8. The van der Waals surface area contributed by atoms with E-state index in [0.717, 1.165) is 23.8 Å². The molecule has 1 N–H and O–H groups in total. The maximum atomic E-state index is 4.38. The number of nitrogens with one attached hydrogen (secondary N) is 1. The minimum Gasteiger partial charge on any atom is -0.368 e. The van der Waals surface area contributed by atoms with Gasteiger partial charge in [0, 0.05) is 18.9 Å². The zero-order valence-electron chi connectivity index (χ0n) is 10.7. The van der Waals surface area contributed by atoms with Crippen molar-refractivity contribution in [2.75, 3.05) is 11.9 Å². The van der Waals surface area contributed by atoms with Gasteiger partial charge < -0.3 is 5.32 Å². The Morgan fingerprint density at radius 1 is 1.28 bits per heavy atom. The first-order valence-electron chi connectivity index (χ1n) is 6.96. The summed E-state index contributed by atoms with van der Waals surface area (Å²) in [6, 6.07) is 1.99. The second-order valence-corrected chi connectivity index (χ2v) is 5.16. The number of rotatable bonds is 5. The zero-order valence-corrected chi connectivity index (χ0v) is 10.7. The van der Waals surface area contributed by atoms with E-state index in [4.69, 9.17) is 0 Å². The molecule has 1 saturated carbocycles. The van der Waals surface area contributed by atoms with Gasteiger partial charge >= 0.3 is 0 Å². The molecule has 1 aliphatic rings. The minimum atomic E-state index is 0.946. The second kappa shape index (κ2) is 5.38. The van der Waals surface area contributed by atoms with Crippen molar-refractivity contribution in [3.63, 3.8) is 0 Å². The molecule has 0 atom stereocenters. The van der Waals surface area contributed by atoms with Crippen LogP contribution in [0.5, 0.6) is 0 Å². The summed E-state index contributed by atoms with van der Waals surface area (Å²) in [5, 5.41) is 7.63. The van der Waals surface area contributed by atoms with Crippen LogP contribution in [0, 0.1) is 5.92 Å². The predicted molar refractivity (Wildman–Crippen MR) is 72.7 cm³/mol. The lowest BCUT2D eigenvalue weighted by Crippen LogP contribution is -2.06. The van der Waals surface area contributed by atoms with Crippen molar-refractivity contribution < 1.29 is 0 Å². The topological polar surface area (TPSA) is 42.2 Å². The molecule has 4 heteroatoms. The van der Waals surface area contributed by atoms with Crippen molar-refractivity contribution in [1.29, 1.82) is 0 Å². The van der Waals surface area contributed by atoms with E-state index in [1.165, 1.54) is 38.5 Å². The van der Waals surface area contributed by atoms with Gasteiger partial charge in [-0.3, -0.25) is 0 Å². The van der Waals surface area contributed by atoms with Gasteiger partial charge in [-0.05, 0) is 24.8 Å². The van der Waals surface area contributed by atoms with E-state index in [9.17, 15) is 0 Å². The third-order valence-corrected chi connectivity index (χ3v) is 3.88. The number of fused-ring (bicyclic) bond motifs is 1. The van der Waals surface area contributed by atoms with Gasteiger partial charge in [0.1, 0.15) is 5.52 Å². The van der Waals surface area contributed by atoms with Gasteiger partial charge in [-0.2, -0.15) is 5.10 Å². The summed E-state index contributed by atoms with van der Waals surface area (Å²) >= 11 is 0. The first kappa shape index (κ1) is 11.5. The van der Waals surface area contributed by atoms with E-state index in [-0.39, 0.29) is 0 Å². The molecule has 3 rings (SSSR count). The van der Waals surface area contributed by atoms with E-state index in [1.807, 2.05) is 16.8 Å². The molecular weight excluding hydrogens is 224 g/mol. The molecule has 0 aromatic carbocycles. The normalized spacial score (nSPS) is 16.4. The van der Waals surface area contributed by atoms with Gasteiger partial charge in [0.25, 0.3) is 0 Å². The van der Waals surface area contributed by atoms with Crippen LogP contribution in [-0.4, -0.2) is 21.1 Å². The molecule has 0 unspecified atom stereocenters. The molecule has 2 aromatic heterocycles. The first-order valence-corrected chi connectivity index (χ1v) is 6.96. The molecule has 4 nitrogen and oxygen atoms in total. The Labute approximate surface area is 107 Å². The van der Waals surface area contributed by atoms with E-state index < -0.39 is 0 Å². The molecule has 18 heavy (non-hydrogen) atoms. The number of hydrogen-bond donors (Lipinski definition) is 1. The van der Waals surface area contributed by atoms with Crippen molar-refractivity contribution in [2.24, 2.45) is 5.92 Å². The highest BCUT2D eigenvalue weighted by atomic mass is 15.2. The summed E-state index contributed by atoms with van der Waals surface area (Å²) in [5.74, 6) is 1.92. The fraction of sp³-hybridized carbons (Fsp3) is 0.571. The SMILES string of the molecule is c1cn2nccc2c(NCCCC2CCCC2)n1. The second-order valence-electron chi connectivity index (χ2n) is 5.16. The van der Waals surface area contributed by atoms with Crippen LogP contribution in [0.1, 0.15) is 38.5 Å². The monoisotopic (exact) mass is 244 g/mol. The number of nitrogens with zero attached hydrogens (tertiary/aromatic N) is 3. The molecule has 0 bridgehead atoms. The highest BCUT2D eigenvalue weighted by Gasteiger charge is 2.14. The standard InChI is InChI=1S/C14H20N4/c1-2-5-12(4-1)6-3-8-15-14-13-7-9-17-18(13)11-10-16-14/h7,9-12H,1-6,8H2,(H,15,16). The molecule has 0 saturated heterocycles. The predicted octanol–water partition coefficient (Wildman–Crippen LogP) is 3.11. The molecule has 0 radical (unpaired) electrons. The highest BCUT2D eigenvalue weighted by Crippen LogP contribution is 2.28. The van der Waals surface area contributed by atoms with Crippen LogP contribution >= 0.6 is 0 Å². The van der Waals surface area contributed by atoms with E-state index in [0.29, 0.717) is 0 Å². The van der Waals surface area contributed by atoms with Crippen LogP contribution in [0.15, 0.2) is 24.7 Å². The van der Waals surface area contributed by atoms with Crippen LogP contribution in [0.2, 0.25) is 0 Å². The van der Waals surface area contributed by atoms with Crippen LogP contribution in [0.25, 0.3) is 5.52 Å². The quantitative estimate of drug-likeness (QED) is 0.822. The summed E-state index contributed by atoms with van der Waals surface area (Å²) in [4.78, 5) is 4.38. The average Bonchev–Trinajstić information content (AvgIpc) is 3.05. The molecule has 0 spiro atoms. The molecule has 0 aliphatic heterocycles. The Hall–Kier alpha value is -1.58. The third kappa shape index (κ3) is 2.47. The lowest BCUT2D eigenvalue weighted by atomic mass is 10.0. The summed E-state index contributed by atoms with van der Waals surface area (Å²) in [5.41, 5.74) is 1.05. The highest BCUT2D eigenvalue weighted by molar-refractivity contribution is 5.66. The fourth-order valence-corrected chi connectivity index (χ4v) is 2.89. The summed E-state index contributed by atoms with van der Waals surface area (Å²) in [6.45, 7) is 1.01. The van der Waals surface area contributed by atoms with Gasteiger partial charge in [0.15, 0.2) is 5.82 Å². The van der Waals surface area contributed by atoms with E-state index in [2.05, 4.69) is 15.4 Å². The smallest absolute Gasteiger partial charge is 0.152 e. The van der Waals surface area contributed by atoms with Gasteiger partial charge in [-0.25, -0.2) is 9.50 Å². The van der Waals surface area contributed by atoms with Crippen molar-refractivity contribution >= 4 is 11.3 Å². The van der Waals surface area contributed by atoms with Gasteiger partial charge in [-0.15, -0.1) is 0 Å². The third-order valence-electron chi connectivity index (χ3n) is 3.88. The largest absolute Gasteiger partial charge is 0.368 e. The molecule has 96 valence electrons. The summed E-state index contributed by atoms with van der Waals surface area (Å²) < 4.78 is 1.85. The average molecular weight is 244 g/mol. The van der Waals surface area contributed by atoms with Crippen molar-refractivity contribution in [1.82, 2.24) is 14.6 Å². The molecule has 1 fully saturated rings. The van der Waals surface area contributed by atoms with Crippen molar-refractivity contribution in [3.05, 3.63) is 24.7 Å². The van der Waals surface area contributed by atoms with Gasteiger partial charge in [0.2, 0.25) is 0 Å². The number of aromatic nitrogens is 3. The Bertz CT molecular complexity index is 499. The summed E-state index contributed by atoms with van der Waals surface area (Å²) in [7, 11) is 0. The zero-order chi connectivity index (χ0) is 12.2. The molecular formula is C14H20N4. The van der Waals surface area contributed by atoms with E-state index >= 15 is 0 Å². The first-order chi connectivity index (χ1) is 8.93. The molecule has 0 amide bonds. The van der Waals surface area contributed by atoms with Crippen molar-refractivity contribution in [3.8, 4) is 0 Å². The Kier molecular flexibility index (Phi) is 3.44. The van der Waals surface area contributed by atoms with Crippen molar-refractivity contribution in [2.45, 2.75) is 38.5 Å². The van der Waals surface area contributed by atoms with Gasteiger partial charge in [-0.1, -0.05) is 25.7 Å². The number of anilines is 1.